The van der Waals surface area contributed by atoms with Gasteiger partial charge in [0.05, 0.1) is 5.69 Å². The summed E-state index contributed by atoms with van der Waals surface area (Å²) in [6.07, 6.45) is 2.29. The highest BCUT2D eigenvalue weighted by Crippen LogP contribution is 2.17. The van der Waals surface area contributed by atoms with E-state index in [1.165, 1.54) is 5.69 Å². The predicted octanol–water partition coefficient (Wildman–Crippen LogP) is 2.13. The molecule has 78 valence electrons. The summed E-state index contributed by atoms with van der Waals surface area (Å²) in [4.78, 5) is 20.6. The molecule has 0 amide bonds. The fourth-order valence-electron chi connectivity index (χ4n) is 1.29. The summed E-state index contributed by atoms with van der Waals surface area (Å²) >= 11 is 3.48. The average molecular weight is 269 g/mol. The molecule has 0 bridgehead atoms. The van der Waals surface area contributed by atoms with E-state index in [1.54, 1.807) is 0 Å². The molecule has 0 aliphatic carbocycles. The molecule has 0 aromatic carbocycles. The van der Waals surface area contributed by atoms with Gasteiger partial charge in [-0.05, 0) is 41.9 Å². The largest absolute Gasteiger partial charge is 0.373 e. The van der Waals surface area contributed by atoms with Crippen molar-refractivity contribution in [3.05, 3.63) is 34.2 Å². The standard InChI is InChI=1S/C9H9BrN2.CO2/c1-6-5-12-7(2)8(10)3-4-9(12)11-6;2-1-3/h3-5H,1-2H3;. The van der Waals surface area contributed by atoms with Crippen molar-refractivity contribution in [1.82, 2.24) is 9.38 Å². The summed E-state index contributed by atoms with van der Waals surface area (Å²) in [7, 11) is 0. The van der Waals surface area contributed by atoms with Crippen molar-refractivity contribution in [3.8, 4) is 0 Å². The van der Waals surface area contributed by atoms with Gasteiger partial charge in [-0.3, -0.25) is 0 Å². The van der Waals surface area contributed by atoms with Crippen LogP contribution in [0.15, 0.2) is 22.8 Å². The van der Waals surface area contributed by atoms with Crippen molar-refractivity contribution in [3.63, 3.8) is 0 Å². The molecule has 0 atom stereocenters. The Labute approximate surface area is 95.1 Å². The SMILES string of the molecule is Cc1cn2c(C)c(Br)ccc2n1.O=C=O. The Bertz CT molecular complexity index is 513. The lowest BCUT2D eigenvalue weighted by molar-refractivity contribution is -0.191. The van der Waals surface area contributed by atoms with E-state index in [-0.39, 0.29) is 6.15 Å². The minimum absolute atomic E-state index is 0.250. The summed E-state index contributed by atoms with van der Waals surface area (Å²) in [5.41, 5.74) is 3.25. The highest BCUT2D eigenvalue weighted by atomic mass is 79.9. The van der Waals surface area contributed by atoms with Crippen LogP contribution in [-0.4, -0.2) is 15.5 Å². The zero-order valence-corrected chi connectivity index (χ0v) is 9.91. The van der Waals surface area contributed by atoms with Crippen molar-refractivity contribution in [2.24, 2.45) is 0 Å². The highest BCUT2D eigenvalue weighted by molar-refractivity contribution is 9.10. The number of aromatic nitrogens is 2. The minimum atomic E-state index is 0.250. The smallest absolute Gasteiger partial charge is 0.303 e. The number of hydrogen-bond acceptors (Lipinski definition) is 3. The molecule has 4 nitrogen and oxygen atoms in total. The summed E-state index contributed by atoms with van der Waals surface area (Å²) < 4.78 is 3.20. The maximum Gasteiger partial charge on any atom is 0.373 e. The van der Waals surface area contributed by atoms with E-state index in [1.807, 2.05) is 25.3 Å². The maximum atomic E-state index is 8.12. The molecule has 0 saturated carbocycles. The number of aryl methyl sites for hydroxylation is 2. The normalized spacial score (nSPS) is 9.27. The molecule has 0 radical (unpaired) electrons. The topological polar surface area (TPSA) is 51.4 Å². The molecule has 2 heterocycles. The lowest BCUT2D eigenvalue weighted by Gasteiger charge is -2.00. The van der Waals surface area contributed by atoms with E-state index in [0.29, 0.717) is 0 Å². The third kappa shape index (κ3) is 2.52. The number of halogens is 1. The molecule has 2 rings (SSSR count). The number of hydrogen-bond donors (Lipinski definition) is 0. The molecule has 0 aliphatic rings. The molecule has 0 saturated heterocycles. The van der Waals surface area contributed by atoms with Gasteiger partial charge in [-0.1, -0.05) is 0 Å². The number of imidazole rings is 1. The zero-order chi connectivity index (χ0) is 11.4. The van der Waals surface area contributed by atoms with Crippen molar-refractivity contribution >= 4 is 27.7 Å². The molecular formula is C10H9BrN2O2. The summed E-state index contributed by atoms with van der Waals surface area (Å²) in [5, 5.41) is 0. The van der Waals surface area contributed by atoms with Crippen LogP contribution in [0.25, 0.3) is 5.65 Å². The Hall–Kier alpha value is -1.45. The van der Waals surface area contributed by atoms with Crippen LogP contribution in [0.3, 0.4) is 0 Å². The second kappa shape index (κ2) is 4.87. The van der Waals surface area contributed by atoms with Gasteiger partial charge in [0.1, 0.15) is 5.65 Å². The average Bonchev–Trinajstić information content (AvgIpc) is 2.55. The van der Waals surface area contributed by atoms with E-state index in [2.05, 4.69) is 32.2 Å². The monoisotopic (exact) mass is 268 g/mol. The zero-order valence-electron chi connectivity index (χ0n) is 8.32. The van der Waals surface area contributed by atoms with E-state index < -0.39 is 0 Å². The number of nitrogens with zero attached hydrogens (tertiary/aromatic N) is 2. The first-order chi connectivity index (χ1) is 7.10. The van der Waals surface area contributed by atoms with E-state index in [9.17, 15) is 0 Å². The van der Waals surface area contributed by atoms with Crippen LogP contribution in [-0.2, 0) is 9.59 Å². The van der Waals surface area contributed by atoms with Crippen LogP contribution < -0.4 is 0 Å². The molecule has 2 aromatic rings. The number of fused-ring (bicyclic) bond motifs is 1. The van der Waals surface area contributed by atoms with Crippen LogP contribution >= 0.6 is 15.9 Å². The molecule has 0 fully saturated rings. The molecule has 0 N–H and O–H groups in total. The van der Waals surface area contributed by atoms with Crippen molar-refractivity contribution < 1.29 is 9.59 Å². The maximum absolute atomic E-state index is 8.12. The van der Waals surface area contributed by atoms with Gasteiger partial charge in [0.15, 0.2) is 0 Å². The van der Waals surface area contributed by atoms with Gasteiger partial charge in [-0.2, -0.15) is 9.59 Å². The second-order valence-electron chi connectivity index (χ2n) is 2.96. The first-order valence-corrected chi connectivity index (χ1v) is 4.99. The lowest BCUT2D eigenvalue weighted by atomic mass is 10.4. The highest BCUT2D eigenvalue weighted by Gasteiger charge is 2.01. The van der Waals surface area contributed by atoms with Crippen LogP contribution in [0.2, 0.25) is 0 Å². The lowest BCUT2D eigenvalue weighted by Crippen LogP contribution is -1.89. The Kier molecular flexibility index (Phi) is 3.77. The van der Waals surface area contributed by atoms with Crippen molar-refractivity contribution in [1.29, 1.82) is 0 Å². The van der Waals surface area contributed by atoms with Crippen LogP contribution in [0.4, 0.5) is 0 Å². The Morgan fingerprint density at radius 1 is 1.33 bits per heavy atom. The minimum Gasteiger partial charge on any atom is -0.303 e. The molecule has 0 aliphatic heterocycles. The predicted molar refractivity (Wildman–Crippen MR) is 57.4 cm³/mol. The quantitative estimate of drug-likeness (QED) is 0.736. The van der Waals surface area contributed by atoms with Gasteiger partial charge in [-0.25, -0.2) is 4.98 Å². The van der Waals surface area contributed by atoms with Gasteiger partial charge < -0.3 is 4.40 Å². The number of pyridine rings is 1. The second-order valence-corrected chi connectivity index (χ2v) is 3.81. The summed E-state index contributed by atoms with van der Waals surface area (Å²) in [6, 6.07) is 4.03. The number of rotatable bonds is 0. The van der Waals surface area contributed by atoms with Gasteiger partial charge >= 0.3 is 6.15 Å². The van der Waals surface area contributed by atoms with E-state index in [4.69, 9.17) is 9.59 Å². The van der Waals surface area contributed by atoms with Crippen molar-refractivity contribution in [2.75, 3.05) is 0 Å². The fourth-order valence-corrected chi connectivity index (χ4v) is 1.61. The van der Waals surface area contributed by atoms with Gasteiger partial charge in [0.2, 0.25) is 0 Å². The molecule has 0 unspecified atom stereocenters. The molecule has 15 heavy (non-hydrogen) atoms. The Morgan fingerprint density at radius 3 is 2.53 bits per heavy atom. The van der Waals surface area contributed by atoms with Gasteiger partial charge in [0.25, 0.3) is 0 Å². The van der Waals surface area contributed by atoms with Crippen LogP contribution in [0, 0.1) is 13.8 Å². The Morgan fingerprint density at radius 2 is 1.93 bits per heavy atom. The number of carbonyl (C=O) groups excluding carboxylic acids is 2. The molecular weight excluding hydrogens is 260 g/mol. The van der Waals surface area contributed by atoms with Crippen LogP contribution in [0.5, 0.6) is 0 Å². The fraction of sp³-hybridized carbons (Fsp3) is 0.200. The molecule has 5 heteroatoms. The first kappa shape index (κ1) is 11.6. The Balaban J connectivity index is 0.000000337. The summed E-state index contributed by atoms with van der Waals surface area (Å²) in [6.45, 7) is 4.07. The van der Waals surface area contributed by atoms with Crippen molar-refractivity contribution in [2.45, 2.75) is 13.8 Å². The van der Waals surface area contributed by atoms with E-state index in [0.717, 1.165) is 15.8 Å². The van der Waals surface area contributed by atoms with Crippen LogP contribution in [0.1, 0.15) is 11.4 Å². The third-order valence-corrected chi connectivity index (χ3v) is 2.78. The third-order valence-electron chi connectivity index (χ3n) is 1.94. The van der Waals surface area contributed by atoms with Gasteiger partial charge in [0, 0.05) is 16.4 Å². The first-order valence-electron chi connectivity index (χ1n) is 4.20. The molecule has 0 spiro atoms. The van der Waals surface area contributed by atoms with E-state index >= 15 is 0 Å². The summed E-state index contributed by atoms with van der Waals surface area (Å²) in [5.74, 6) is 0. The molecule has 2 aromatic heterocycles. The van der Waals surface area contributed by atoms with Gasteiger partial charge in [-0.15, -0.1) is 0 Å².